The Hall–Kier alpha value is -4.52. The molecule has 2 N–H and O–H groups in total. The van der Waals surface area contributed by atoms with E-state index in [1.165, 1.54) is 15.8 Å². The Bertz CT molecular complexity index is 1950. The molecule has 12 heteroatoms. The molecular formula is C38H48N8O4. The summed E-state index contributed by atoms with van der Waals surface area (Å²) in [5.41, 5.74) is 6.45. The third-order valence-electron chi connectivity index (χ3n) is 10.7. The number of aliphatic imine (C=N–C) groups is 1. The number of pyridine rings is 2. The lowest BCUT2D eigenvalue weighted by Gasteiger charge is -2.46. The molecule has 0 bridgehead atoms. The van der Waals surface area contributed by atoms with Gasteiger partial charge in [-0.25, -0.2) is 9.98 Å². The van der Waals surface area contributed by atoms with Crippen molar-refractivity contribution in [3.05, 3.63) is 87.1 Å². The molecule has 1 amide bonds. The fourth-order valence-electron chi connectivity index (χ4n) is 8.04. The van der Waals surface area contributed by atoms with E-state index in [9.17, 15) is 14.7 Å². The first-order valence-corrected chi connectivity index (χ1v) is 17.5. The van der Waals surface area contributed by atoms with Gasteiger partial charge in [0, 0.05) is 80.7 Å². The fraction of sp³-hybridized carbons (Fsp3) is 0.474. The molecule has 1 atom stereocenters. The van der Waals surface area contributed by atoms with Crippen LogP contribution in [0.25, 0.3) is 11.1 Å². The molecule has 1 aliphatic carbocycles. The number of amides is 1. The Morgan fingerprint density at radius 3 is 2.66 bits per heavy atom. The lowest BCUT2D eigenvalue weighted by atomic mass is 9.90. The van der Waals surface area contributed by atoms with Crippen molar-refractivity contribution in [1.29, 1.82) is 0 Å². The number of carbonyl (C=O) groups excluding carboxylic acids is 1. The van der Waals surface area contributed by atoms with Gasteiger partial charge < -0.3 is 29.2 Å². The summed E-state index contributed by atoms with van der Waals surface area (Å²) in [6, 6.07) is 6.48. The number of anilines is 2. The molecule has 0 aromatic carbocycles. The van der Waals surface area contributed by atoms with Gasteiger partial charge in [-0.2, -0.15) is 0 Å². The van der Waals surface area contributed by atoms with E-state index >= 15 is 0 Å². The highest BCUT2D eigenvalue weighted by molar-refractivity contribution is 6.06. The molecular weight excluding hydrogens is 632 g/mol. The Balaban J connectivity index is 1.13. The van der Waals surface area contributed by atoms with Crippen LogP contribution in [0.3, 0.4) is 0 Å². The van der Waals surface area contributed by atoms with Crippen molar-refractivity contribution >= 4 is 24.1 Å². The lowest BCUT2D eigenvalue weighted by Crippen LogP contribution is -2.59. The van der Waals surface area contributed by atoms with E-state index in [2.05, 4.69) is 64.1 Å². The van der Waals surface area contributed by atoms with Gasteiger partial charge >= 0.3 is 0 Å². The molecule has 12 nitrogen and oxygen atoms in total. The van der Waals surface area contributed by atoms with E-state index in [1.54, 1.807) is 36.5 Å². The second-order valence-corrected chi connectivity index (χ2v) is 14.9. The first-order chi connectivity index (χ1) is 24.0. The number of aliphatic hydroxyl groups excluding tert-OH is 1. The molecule has 0 spiro atoms. The van der Waals surface area contributed by atoms with Gasteiger partial charge in [-0.05, 0) is 80.3 Å². The van der Waals surface area contributed by atoms with Crippen LogP contribution in [0, 0.1) is 5.41 Å². The normalized spacial score (nSPS) is 21.2. The second kappa shape index (κ2) is 13.3. The first-order valence-electron chi connectivity index (χ1n) is 17.5. The Morgan fingerprint density at radius 2 is 1.96 bits per heavy atom. The monoisotopic (exact) mass is 680 g/mol. The second-order valence-electron chi connectivity index (χ2n) is 14.9. The van der Waals surface area contributed by atoms with Crippen LogP contribution in [0.15, 0.2) is 64.0 Å². The molecule has 0 saturated carbocycles. The van der Waals surface area contributed by atoms with Crippen LogP contribution in [0.1, 0.15) is 55.0 Å². The molecule has 2 fully saturated rings. The minimum Gasteiger partial charge on any atom is -0.392 e. The van der Waals surface area contributed by atoms with Gasteiger partial charge in [-0.1, -0.05) is 13.8 Å². The number of carbonyl (C=O) groups is 1. The Labute approximate surface area is 293 Å². The average Bonchev–Trinajstić information content (AvgIpc) is 3.55. The molecule has 3 aliphatic heterocycles. The van der Waals surface area contributed by atoms with Crippen LogP contribution in [0.4, 0.5) is 11.5 Å². The number of piperazine rings is 1. The summed E-state index contributed by atoms with van der Waals surface area (Å²) in [4.78, 5) is 42.6. The fourth-order valence-corrected chi connectivity index (χ4v) is 8.04. The third-order valence-corrected chi connectivity index (χ3v) is 10.7. The van der Waals surface area contributed by atoms with Gasteiger partial charge in [-0.15, -0.1) is 0 Å². The summed E-state index contributed by atoms with van der Waals surface area (Å²) in [7, 11) is 1.69. The smallest absolute Gasteiger partial charge is 0.276 e. The highest BCUT2D eigenvalue weighted by Crippen LogP contribution is 2.40. The third kappa shape index (κ3) is 6.20. The molecule has 6 heterocycles. The van der Waals surface area contributed by atoms with Gasteiger partial charge in [0.15, 0.2) is 0 Å². The highest BCUT2D eigenvalue weighted by Gasteiger charge is 2.38. The molecule has 3 aromatic rings. The predicted octanol–water partition coefficient (Wildman–Crippen LogP) is 3.79. The van der Waals surface area contributed by atoms with Crippen molar-refractivity contribution in [2.45, 2.75) is 65.8 Å². The quantitative estimate of drug-likeness (QED) is 0.259. The number of aliphatic hydroxyl groups is 1. The number of aryl methyl sites for hydroxylation is 1. The van der Waals surface area contributed by atoms with Gasteiger partial charge in [-0.3, -0.25) is 19.4 Å². The number of rotatable bonds is 9. The number of allylic oxidation sites excluding steroid dienone is 3. The summed E-state index contributed by atoms with van der Waals surface area (Å²) in [5.74, 6) is 0.743. The number of aromatic nitrogens is 3. The minimum atomic E-state index is -0.329. The van der Waals surface area contributed by atoms with Crippen molar-refractivity contribution in [3.8, 4) is 11.1 Å². The standard InChI is InChI=1S/C38H48N8O4/c1-24(44-12-11-43(19-25(44)2)28-22-50-23-28)7-8-34(39-5)41-31-15-27(20-42(6)36(31)48)29-9-10-40-35(30(29)21-47)46-14-13-45-32(37(46)49)16-26-17-38(3,4)18-33(26)45/h7-10,15-16,20,25,28,41,47H,5,11-14,17-19,21-23H2,1-4,6H3/b24-7+,34-8+/t25-/m0/s1. The van der Waals surface area contributed by atoms with Gasteiger partial charge in [0.05, 0.1) is 25.9 Å². The Kier molecular flexibility index (Phi) is 9.04. The molecule has 264 valence electrons. The maximum atomic E-state index is 13.9. The van der Waals surface area contributed by atoms with Crippen molar-refractivity contribution < 1.29 is 14.6 Å². The maximum Gasteiger partial charge on any atom is 0.276 e. The van der Waals surface area contributed by atoms with E-state index in [0.717, 1.165) is 51.4 Å². The number of nitrogens with zero attached hydrogens (tertiary/aromatic N) is 7. The number of hydrogen-bond donors (Lipinski definition) is 2. The zero-order chi connectivity index (χ0) is 35.3. The van der Waals surface area contributed by atoms with Gasteiger partial charge in [0.2, 0.25) is 0 Å². The van der Waals surface area contributed by atoms with E-state index in [0.29, 0.717) is 64.9 Å². The van der Waals surface area contributed by atoms with E-state index < -0.39 is 0 Å². The lowest BCUT2D eigenvalue weighted by molar-refractivity contribution is -0.0814. The zero-order valence-electron chi connectivity index (χ0n) is 29.8. The molecule has 50 heavy (non-hydrogen) atoms. The van der Waals surface area contributed by atoms with Crippen LogP contribution in [0.2, 0.25) is 0 Å². The van der Waals surface area contributed by atoms with Crippen LogP contribution < -0.4 is 15.8 Å². The van der Waals surface area contributed by atoms with Crippen LogP contribution >= 0.6 is 0 Å². The zero-order valence-corrected chi connectivity index (χ0v) is 29.8. The molecule has 0 unspecified atom stereocenters. The first kappa shape index (κ1) is 34.0. The van der Waals surface area contributed by atoms with Crippen molar-refractivity contribution in [2.24, 2.45) is 17.5 Å². The average molecular weight is 681 g/mol. The molecule has 3 aromatic heterocycles. The minimum absolute atomic E-state index is 0.120. The summed E-state index contributed by atoms with van der Waals surface area (Å²) < 4.78 is 9.05. The highest BCUT2D eigenvalue weighted by atomic mass is 16.5. The maximum absolute atomic E-state index is 13.9. The molecule has 4 aliphatic rings. The van der Waals surface area contributed by atoms with E-state index in [4.69, 9.17) is 4.74 Å². The molecule has 0 radical (unpaired) electrons. The summed E-state index contributed by atoms with van der Waals surface area (Å²) in [5, 5.41) is 13.9. The van der Waals surface area contributed by atoms with Crippen molar-refractivity contribution in [2.75, 3.05) is 49.6 Å². The summed E-state index contributed by atoms with van der Waals surface area (Å²) in [6.45, 7) is 17.9. The van der Waals surface area contributed by atoms with E-state index in [-0.39, 0.29) is 23.5 Å². The number of ether oxygens (including phenoxy) is 1. The van der Waals surface area contributed by atoms with Gasteiger partial charge in [0.25, 0.3) is 11.5 Å². The number of nitrogens with one attached hydrogen (secondary N) is 1. The van der Waals surface area contributed by atoms with E-state index in [1.807, 2.05) is 18.2 Å². The summed E-state index contributed by atoms with van der Waals surface area (Å²) >= 11 is 0. The topological polar surface area (TPSA) is 120 Å². The molecule has 7 rings (SSSR count). The largest absolute Gasteiger partial charge is 0.392 e. The predicted molar refractivity (Wildman–Crippen MR) is 195 cm³/mol. The van der Waals surface area contributed by atoms with Crippen molar-refractivity contribution in [3.63, 3.8) is 0 Å². The van der Waals surface area contributed by atoms with Crippen LogP contribution in [0.5, 0.6) is 0 Å². The number of hydrogen-bond acceptors (Lipinski definition) is 9. The number of fused-ring (bicyclic) bond motifs is 3. The Morgan fingerprint density at radius 1 is 1.16 bits per heavy atom. The molecule has 2 saturated heterocycles. The summed E-state index contributed by atoms with van der Waals surface area (Å²) in [6.07, 6.45) is 9.13. The van der Waals surface area contributed by atoms with Crippen LogP contribution in [-0.4, -0.2) is 93.1 Å². The van der Waals surface area contributed by atoms with Crippen molar-refractivity contribution in [1.82, 2.24) is 23.9 Å². The van der Waals surface area contributed by atoms with Crippen LogP contribution in [-0.2, 0) is 37.8 Å². The van der Waals surface area contributed by atoms with Gasteiger partial charge in [0.1, 0.15) is 23.0 Å². The SMILES string of the molecule is C=N/C(=C\C=C(/C)N1CCN(C2COC2)C[C@@H]1C)Nc1cc(-c2ccnc(N3CCn4c(cc5c4CC(C)(C)C5)C3=O)c2CO)cn(C)c1=O.